The lowest BCUT2D eigenvalue weighted by Gasteiger charge is -2.30. The molecule has 1 aromatic heterocycles. The topological polar surface area (TPSA) is 62.2 Å². The Bertz CT molecular complexity index is 520. The molecule has 1 aliphatic rings. The number of carboxylic acids is 1. The number of pyridine rings is 1. The zero-order valence-electron chi connectivity index (χ0n) is 9.13. The van der Waals surface area contributed by atoms with Crippen LogP contribution >= 0.6 is 0 Å². The van der Waals surface area contributed by atoms with Gasteiger partial charge in [0.25, 0.3) is 0 Å². The molecule has 0 fully saturated rings. The Balaban J connectivity index is 2.59. The first kappa shape index (κ1) is 11.1. The molecule has 17 heavy (non-hydrogen) atoms. The fourth-order valence-electron chi connectivity index (χ4n) is 1.81. The van der Waals surface area contributed by atoms with Gasteiger partial charge in [-0.15, -0.1) is 6.58 Å². The second kappa shape index (κ2) is 4.25. The molecular weight excluding hydrogens is 216 g/mol. The number of dihydropyridines is 1. The van der Waals surface area contributed by atoms with Gasteiger partial charge in [-0.25, -0.2) is 4.79 Å². The average Bonchev–Trinajstić information content (AvgIpc) is 2.39. The number of nitrogens with one attached hydrogen (secondary N) is 1. The van der Waals surface area contributed by atoms with Crippen molar-refractivity contribution in [3.8, 4) is 0 Å². The van der Waals surface area contributed by atoms with Crippen molar-refractivity contribution in [2.24, 2.45) is 0 Å². The van der Waals surface area contributed by atoms with Crippen LogP contribution in [0.4, 0.5) is 0 Å². The van der Waals surface area contributed by atoms with Crippen molar-refractivity contribution in [1.29, 1.82) is 0 Å². The molecule has 0 saturated carbocycles. The van der Waals surface area contributed by atoms with Gasteiger partial charge in [-0.3, -0.25) is 4.98 Å². The number of hydrogen-bond acceptors (Lipinski definition) is 3. The van der Waals surface area contributed by atoms with E-state index in [0.717, 1.165) is 0 Å². The highest BCUT2D eigenvalue weighted by Gasteiger charge is 2.30. The maximum atomic E-state index is 11.2. The van der Waals surface area contributed by atoms with E-state index in [1.807, 2.05) is 18.2 Å². The van der Waals surface area contributed by atoms with Gasteiger partial charge >= 0.3 is 5.97 Å². The summed E-state index contributed by atoms with van der Waals surface area (Å²) in [4.78, 5) is 15.2. The van der Waals surface area contributed by atoms with Crippen LogP contribution in [0.3, 0.4) is 0 Å². The van der Waals surface area contributed by atoms with Crippen LogP contribution < -0.4 is 5.32 Å². The van der Waals surface area contributed by atoms with Crippen molar-refractivity contribution in [1.82, 2.24) is 10.3 Å². The molecule has 2 heterocycles. The van der Waals surface area contributed by atoms with Crippen molar-refractivity contribution < 1.29 is 9.90 Å². The minimum absolute atomic E-state index is 0.215. The van der Waals surface area contributed by atoms with Crippen molar-refractivity contribution in [3.05, 3.63) is 66.7 Å². The molecule has 2 rings (SSSR count). The Morgan fingerprint density at radius 1 is 1.53 bits per heavy atom. The van der Waals surface area contributed by atoms with E-state index in [4.69, 9.17) is 0 Å². The molecule has 86 valence electrons. The first-order valence-corrected chi connectivity index (χ1v) is 5.13. The first-order valence-electron chi connectivity index (χ1n) is 5.13. The van der Waals surface area contributed by atoms with Gasteiger partial charge < -0.3 is 10.4 Å². The van der Waals surface area contributed by atoms with E-state index in [2.05, 4.69) is 16.9 Å². The molecule has 1 aromatic rings. The van der Waals surface area contributed by atoms with E-state index in [-0.39, 0.29) is 5.56 Å². The normalized spacial score (nSPS) is 21.9. The molecule has 4 nitrogen and oxygen atoms in total. The Kier molecular flexibility index (Phi) is 2.78. The van der Waals surface area contributed by atoms with Gasteiger partial charge in [0.05, 0.1) is 5.56 Å². The van der Waals surface area contributed by atoms with Gasteiger partial charge in [0.2, 0.25) is 0 Å². The molecule has 1 aliphatic heterocycles. The van der Waals surface area contributed by atoms with Crippen molar-refractivity contribution >= 4 is 5.97 Å². The number of aromatic carboxylic acids is 1. The summed E-state index contributed by atoms with van der Waals surface area (Å²) in [5.74, 6) is -0.978. The van der Waals surface area contributed by atoms with Gasteiger partial charge in [-0.1, -0.05) is 18.2 Å². The number of nitrogens with zero attached hydrogens (tertiary/aromatic N) is 1. The number of allylic oxidation sites excluding steroid dienone is 2. The molecule has 0 saturated heterocycles. The van der Waals surface area contributed by atoms with Crippen LogP contribution in [0.25, 0.3) is 0 Å². The number of aromatic nitrogens is 1. The largest absolute Gasteiger partial charge is 0.478 e. The Hall–Kier alpha value is -2.36. The highest BCUT2D eigenvalue weighted by Crippen LogP contribution is 2.28. The summed E-state index contributed by atoms with van der Waals surface area (Å²) in [5.41, 5.74) is 0.0759. The number of rotatable bonds is 3. The minimum Gasteiger partial charge on any atom is -0.478 e. The highest BCUT2D eigenvalue weighted by molar-refractivity contribution is 5.90. The standard InChI is InChI=1S/C13H12N2O2/c1-2-13(6-3-4-7-15-13)11-9-14-8-5-10(11)12(16)17/h2-9,15H,1H2,(H,16,17). The van der Waals surface area contributed by atoms with E-state index in [9.17, 15) is 9.90 Å². The quantitative estimate of drug-likeness (QED) is 0.775. The van der Waals surface area contributed by atoms with E-state index in [1.54, 1.807) is 18.5 Å². The summed E-state index contributed by atoms with van der Waals surface area (Å²) in [5, 5.41) is 12.3. The fourth-order valence-corrected chi connectivity index (χ4v) is 1.81. The van der Waals surface area contributed by atoms with Crippen molar-refractivity contribution in [2.45, 2.75) is 5.54 Å². The summed E-state index contributed by atoms with van der Waals surface area (Å²) < 4.78 is 0. The monoisotopic (exact) mass is 228 g/mol. The second-order valence-corrected chi connectivity index (χ2v) is 3.66. The smallest absolute Gasteiger partial charge is 0.336 e. The highest BCUT2D eigenvalue weighted by atomic mass is 16.4. The molecule has 2 N–H and O–H groups in total. The minimum atomic E-state index is -0.978. The van der Waals surface area contributed by atoms with E-state index in [0.29, 0.717) is 5.56 Å². The number of hydrogen-bond donors (Lipinski definition) is 2. The van der Waals surface area contributed by atoms with Crippen molar-refractivity contribution in [2.75, 3.05) is 0 Å². The van der Waals surface area contributed by atoms with Crippen LogP contribution in [0.2, 0.25) is 0 Å². The van der Waals surface area contributed by atoms with Crippen LogP contribution in [0.5, 0.6) is 0 Å². The molecule has 0 aliphatic carbocycles. The molecule has 4 heteroatoms. The maximum absolute atomic E-state index is 11.2. The summed E-state index contributed by atoms with van der Waals surface area (Å²) in [6.45, 7) is 3.77. The predicted octanol–water partition coefficient (Wildman–Crippen LogP) is 1.83. The Morgan fingerprint density at radius 2 is 2.35 bits per heavy atom. The lowest BCUT2D eigenvalue weighted by atomic mass is 9.86. The molecule has 0 spiro atoms. The third kappa shape index (κ3) is 1.85. The van der Waals surface area contributed by atoms with E-state index >= 15 is 0 Å². The van der Waals surface area contributed by atoms with Gasteiger partial charge in [0, 0.05) is 18.0 Å². The molecule has 0 bridgehead atoms. The SMILES string of the molecule is C=CC1(c2cnccc2C(=O)O)C=CC=CN1. The zero-order valence-corrected chi connectivity index (χ0v) is 9.13. The second-order valence-electron chi connectivity index (χ2n) is 3.66. The van der Waals surface area contributed by atoms with Gasteiger partial charge in [-0.05, 0) is 18.3 Å². The van der Waals surface area contributed by atoms with Gasteiger partial charge in [-0.2, -0.15) is 0 Å². The summed E-state index contributed by atoms with van der Waals surface area (Å²) in [7, 11) is 0. The maximum Gasteiger partial charge on any atom is 0.336 e. The molecular formula is C13H12N2O2. The van der Waals surface area contributed by atoms with Gasteiger partial charge in [0.15, 0.2) is 0 Å². The Labute approximate surface area is 99.0 Å². The Morgan fingerprint density at radius 3 is 2.94 bits per heavy atom. The lowest BCUT2D eigenvalue weighted by Crippen LogP contribution is -2.37. The number of carbonyl (C=O) groups is 1. The van der Waals surface area contributed by atoms with Gasteiger partial charge in [0.1, 0.15) is 5.54 Å². The van der Waals surface area contributed by atoms with Crippen LogP contribution in [0.15, 0.2) is 55.5 Å². The third-order valence-electron chi connectivity index (χ3n) is 2.71. The summed E-state index contributed by atoms with van der Waals surface area (Å²) in [6.07, 6.45) is 11.9. The molecule has 1 unspecified atom stereocenters. The van der Waals surface area contributed by atoms with Crippen LogP contribution in [-0.2, 0) is 5.54 Å². The van der Waals surface area contributed by atoms with Crippen LogP contribution in [-0.4, -0.2) is 16.1 Å². The average molecular weight is 228 g/mol. The molecule has 0 aromatic carbocycles. The fraction of sp³-hybridized carbons (Fsp3) is 0.0769. The van der Waals surface area contributed by atoms with Crippen molar-refractivity contribution in [3.63, 3.8) is 0 Å². The molecule has 0 radical (unpaired) electrons. The summed E-state index contributed by atoms with van der Waals surface area (Å²) in [6, 6.07) is 1.48. The van der Waals surface area contributed by atoms with Crippen LogP contribution in [0, 0.1) is 0 Å². The lowest BCUT2D eigenvalue weighted by molar-refractivity contribution is 0.0694. The third-order valence-corrected chi connectivity index (χ3v) is 2.71. The predicted molar refractivity (Wildman–Crippen MR) is 64.5 cm³/mol. The van der Waals surface area contributed by atoms with E-state index < -0.39 is 11.5 Å². The van der Waals surface area contributed by atoms with Crippen LogP contribution in [0.1, 0.15) is 15.9 Å². The summed E-state index contributed by atoms with van der Waals surface area (Å²) >= 11 is 0. The zero-order chi connectivity index (χ0) is 12.3. The molecule has 1 atom stereocenters. The van der Waals surface area contributed by atoms with E-state index in [1.165, 1.54) is 12.3 Å². The first-order chi connectivity index (χ1) is 8.19. The number of carboxylic acid groups (broad SMARTS) is 1. The molecule has 0 amide bonds.